The van der Waals surface area contributed by atoms with Crippen LogP contribution in [0, 0.1) is 0 Å². The Hall–Kier alpha value is -2.92. The SMILES string of the molecule is COc1ccccc1Nc1nc(-c2ccccc2)nc2ccc(Br)cc12. The van der Waals surface area contributed by atoms with Crippen molar-refractivity contribution in [2.75, 3.05) is 12.4 Å². The smallest absolute Gasteiger partial charge is 0.162 e. The van der Waals surface area contributed by atoms with E-state index < -0.39 is 0 Å². The van der Waals surface area contributed by atoms with Crippen molar-refractivity contribution in [3.8, 4) is 17.1 Å². The molecule has 0 aliphatic rings. The molecule has 4 aromatic rings. The van der Waals surface area contributed by atoms with Gasteiger partial charge in [-0.05, 0) is 30.3 Å². The van der Waals surface area contributed by atoms with Crippen LogP contribution in [-0.4, -0.2) is 17.1 Å². The van der Waals surface area contributed by atoms with Gasteiger partial charge in [0.1, 0.15) is 11.6 Å². The first-order chi connectivity index (χ1) is 12.7. The average molecular weight is 406 g/mol. The summed E-state index contributed by atoms with van der Waals surface area (Å²) < 4.78 is 6.43. The van der Waals surface area contributed by atoms with Gasteiger partial charge in [-0.25, -0.2) is 9.97 Å². The van der Waals surface area contributed by atoms with E-state index in [9.17, 15) is 0 Å². The second kappa shape index (κ2) is 7.14. The van der Waals surface area contributed by atoms with Gasteiger partial charge in [-0.15, -0.1) is 0 Å². The third-order valence-electron chi connectivity index (χ3n) is 4.05. The van der Waals surface area contributed by atoms with E-state index in [1.54, 1.807) is 7.11 Å². The highest BCUT2D eigenvalue weighted by molar-refractivity contribution is 9.10. The van der Waals surface area contributed by atoms with Crippen LogP contribution in [0.1, 0.15) is 0 Å². The summed E-state index contributed by atoms with van der Waals surface area (Å²) in [4.78, 5) is 9.51. The first-order valence-corrected chi connectivity index (χ1v) is 8.96. The van der Waals surface area contributed by atoms with Crippen LogP contribution in [0.3, 0.4) is 0 Å². The molecular formula is C21H16BrN3O. The van der Waals surface area contributed by atoms with Crippen molar-refractivity contribution in [1.82, 2.24) is 9.97 Å². The topological polar surface area (TPSA) is 47.0 Å². The maximum Gasteiger partial charge on any atom is 0.162 e. The Morgan fingerprint density at radius 1 is 0.885 bits per heavy atom. The van der Waals surface area contributed by atoms with Crippen molar-refractivity contribution in [3.63, 3.8) is 0 Å². The second-order valence-corrected chi connectivity index (χ2v) is 6.66. The first kappa shape index (κ1) is 16.5. The minimum Gasteiger partial charge on any atom is -0.495 e. The van der Waals surface area contributed by atoms with Crippen LogP contribution < -0.4 is 10.1 Å². The first-order valence-electron chi connectivity index (χ1n) is 8.17. The van der Waals surface area contributed by atoms with Crippen LogP contribution >= 0.6 is 15.9 Å². The monoisotopic (exact) mass is 405 g/mol. The number of fused-ring (bicyclic) bond motifs is 1. The predicted molar refractivity (Wildman–Crippen MR) is 109 cm³/mol. The lowest BCUT2D eigenvalue weighted by Gasteiger charge is -2.13. The molecule has 1 N–H and O–H groups in total. The van der Waals surface area contributed by atoms with Crippen molar-refractivity contribution in [2.45, 2.75) is 0 Å². The molecule has 26 heavy (non-hydrogen) atoms. The number of aromatic nitrogens is 2. The molecule has 0 radical (unpaired) electrons. The van der Waals surface area contributed by atoms with E-state index in [0.29, 0.717) is 5.82 Å². The van der Waals surface area contributed by atoms with Crippen LogP contribution in [-0.2, 0) is 0 Å². The van der Waals surface area contributed by atoms with Gasteiger partial charge in [0.15, 0.2) is 5.82 Å². The predicted octanol–water partition coefficient (Wildman–Crippen LogP) is 5.81. The van der Waals surface area contributed by atoms with Gasteiger partial charge < -0.3 is 10.1 Å². The molecule has 0 spiro atoms. The quantitative estimate of drug-likeness (QED) is 0.465. The van der Waals surface area contributed by atoms with E-state index >= 15 is 0 Å². The standard InChI is InChI=1S/C21H16BrN3O/c1-26-19-10-6-5-9-18(19)24-21-16-13-15(22)11-12-17(16)23-20(25-21)14-7-3-2-4-8-14/h2-13H,1H3,(H,23,24,25). The Labute approximate surface area is 160 Å². The number of para-hydroxylation sites is 2. The van der Waals surface area contributed by atoms with E-state index in [1.807, 2.05) is 72.8 Å². The van der Waals surface area contributed by atoms with Crippen molar-refractivity contribution in [1.29, 1.82) is 0 Å². The van der Waals surface area contributed by atoms with Crippen LogP contribution in [0.2, 0.25) is 0 Å². The molecule has 0 aliphatic heterocycles. The lowest BCUT2D eigenvalue weighted by molar-refractivity contribution is 0.417. The van der Waals surface area contributed by atoms with Gasteiger partial charge in [-0.3, -0.25) is 0 Å². The van der Waals surface area contributed by atoms with Gasteiger partial charge in [-0.2, -0.15) is 0 Å². The summed E-state index contributed by atoms with van der Waals surface area (Å²) in [7, 11) is 1.66. The number of anilines is 2. The molecule has 0 aliphatic carbocycles. The lowest BCUT2D eigenvalue weighted by atomic mass is 10.1. The molecule has 1 heterocycles. The van der Waals surface area contributed by atoms with E-state index in [0.717, 1.165) is 38.2 Å². The number of hydrogen-bond donors (Lipinski definition) is 1. The normalized spacial score (nSPS) is 10.7. The van der Waals surface area contributed by atoms with Gasteiger partial charge in [0, 0.05) is 15.4 Å². The van der Waals surface area contributed by atoms with Gasteiger partial charge in [0.05, 0.1) is 18.3 Å². The molecule has 0 saturated carbocycles. The Kier molecular flexibility index (Phi) is 4.54. The third-order valence-corrected chi connectivity index (χ3v) is 4.54. The lowest BCUT2D eigenvalue weighted by Crippen LogP contribution is -2.00. The molecule has 4 nitrogen and oxygen atoms in total. The maximum atomic E-state index is 5.45. The minimum absolute atomic E-state index is 0.679. The number of benzene rings is 3. The van der Waals surface area contributed by atoms with Gasteiger partial charge in [0.2, 0.25) is 0 Å². The zero-order valence-electron chi connectivity index (χ0n) is 14.1. The van der Waals surface area contributed by atoms with Crippen molar-refractivity contribution in [3.05, 3.63) is 77.3 Å². The zero-order valence-corrected chi connectivity index (χ0v) is 15.7. The summed E-state index contributed by atoms with van der Waals surface area (Å²) >= 11 is 3.54. The Balaban J connectivity index is 1.90. The van der Waals surface area contributed by atoms with Crippen molar-refractivity contribution >= 4 is 38.3 Å². The van der Waals surface area contributed by atoms with Gasteiger partial charge in [-0.1, -0.05) is 58.4 Å². The second-order valence-electron chi connectivity index (χ2n) is 5.75. The number of ether oxygens (including phenoxy) is 1. The number of nitrogens with zero attached hydrogens (tertiary/aromatic N) is 2. The van der Waals surface area contributed by atoms with Gasteiger partial charge in [0.25, 0.3) is 0 Å². The number of halogens is 1. The number of methoxy groups -OCH3 is 1. The molecule has 1 aromatic heterocycles. The van der Waals surface area contributed by atoms with Crippen molar-refractivity contribution in [2.24, 2.45) is 0 Å². The molecule has 0 atom stereocenters. The summed E-state index contributed by atoms with van der Waals surface area (Å²) in [6, 6.07) is 23.7. The molecular weight excluding hydrogens is 390 g/mol. The minimum atomic E-state index is 0.679. The summed E-state index contributed by atoms with van der Waals surface area (Å²) in [5.41, 5.74) is 2.70. The Bertz CT molecular complexity index is 1070. The van der Waals surface area contributed by atoms with E-state index in [1.165, 1.54) is 0 Å². The van der Waals surface area contributed by atoms with Crippen LogP contribution in [0.25, 0.3) is 22.3 Å². The summed E-state index contributed by atoms with van der Waals surface area (Å²) in [6.07, 6.45) is 0. The highest BCUT2D eigenvalue weighted by atomic mass is 79.9. The van der Waals surface area contributed by atoms with Crippen LogP contribution in [0.5, 0.6) is 5.75 Å². The number of rotatable bonds is 4. The maximum absolute atomic E-state index is 5.45. The molecule has 0 amide bonds. The molecule has 3 aromatic carbocycles. The fourth-order valence-corrected chi connectivity index (χ4v) is 3.15. The molecule has 128 valence electrons. The third kappa shape index (κ3) is 3.26. The van der Waals surface area contributed by atoms with Crippen LogP contribution in [0.4, 0.5) is 11.5 Å². The molecule has 4 rings (SSSR count). The highest BCUT2D eigenvalue weighted by Crippen LogP contribution is 2.32. The fourth-order valence-electron chi connectivity index (χ4n) is 2.79. The summed E-state index contributed by atoms with van der Waals surface area (Å²) in [6.45, 7) is 0. The Morgan fingerprint density at radius 2 is 1.65 bits per heavy atom. The Morgan fingerprint density at radius 3 is 2.46 bits per heavy atom. The summed E-state index contributed by atoms with van der Waals surface area (Å²) in [5.74, 6) is 2.17. The van der Waals surface area contributed by atoms with E-state index in [2.05, 4.69) is 21.2 Å². The fraction of sp³-hybridized carbons (Fsp3) is 0.0476. The summed E-state index contributed by atoms with van der Waals surface area (Å²) in [5, 5.41) is 4.34. The molecule has 0 fully saturated rings. The molecule has 5 heteroatoms. The zero-order chi connectivity index (χ0) is 17.9. The van der Waals surface area contributed by atoms with Crippen LogP contribution in [0.15, 0.2) is 77.3 Å². The number of hydrogen-bond acceptors (Lipinski definition) is 4. The number of nitrogens with one attached hydrogen (secondary N) is 1. The average Bonchev–Trinajstić information content (AvgIpc) is 2.69. The van der Waals surface area contributed by atoms with Crippen molar-refractivity contribution < 1.29 is 4.74 Å². The van der Waals surface area contributed by atoms with E-state index in [-0.39, 0.29) is 0 Å². The molecule has 0 bridgehead atoms. The largest absolute Gasteiger partial charge is 0.495 e. The molecule has 0 unspecified atom stereocenters. The molecule has 0 saturated heterocycles. The van der Waals surface area contributed by atoms with Gasteiger partial charge >= 0.3 is 0 Å². The highest BCUT2D eigenvalue weighted by Gasteiger charge is 2.12. The van der Waals surface area contributed by atoms with E-state index in [4.69, 9.17) is 14.7 Å².